The lowest BCUT2D eigenvalue weighted by molar-refractivity contribution is 0.560. The van der Waals surface area contributed by atoms with Crippen molar-refractivity contribution in [2.24, 2.45) is 5.92 Å². The van der Waals surface area contributed by atoms with Gasteiger partial charge in [-0.25, -0.2) is 0 Å². The molecule has 0 aliphatic heterocycles. The predicted octanol–water partition coefficient (Wildman–Crippen LogP) is 4.40. The fourth-order valence-electron chi connectivity index (χ4n) is 1.59. The molecule has 0 aromatic heterocycles. The summed E-state index contributed by atoms with van der Waals surface area (Å²) in [4.78, 5) is 0. The van der Waals surface area contributed by atoms with Crippen LogP contribution in [0, 0.1) is 5.92 Å². The Kier molecular flexibility index (Phi) is 4.19. The van der Waals surface area contributed by atoms with Gasteiger partial charge in [-0.15, -0.1) is 0 Å². The van der Waals surface area contributed by atoms with Gasteiger partial charge >= 0.3 is 0 Å². The molecule has 0 aliphatic rings. The van der Waals surface area contributed by atoms with Crippen LogP contribution in [-0.2, 0) is 6.42 Å². The zero-order valence-electron chi connectivity index (χ0n) is 9.88. The lowest BCUT2D eigenvalue weighted by Gasteiger charge is -2.10. The second-order valence-corrected chi connectivity index (χ2v) is 4.61. The molecule has 1 rings (SSSR count). The Bertz CT molecular complexity index is 256. The first-order chi connectivity index (χ1) is 6.63. The van der Waals surface area contributed by atoms with E-state index >= 15 is 0 Å². The number of hydrogen-bond donors (Lipinski definition) is 0. The van der Waals surface area contributed by atoms with E-state index in [4.69, 9.17) is 0 Å². The molecule has 1 aromatic rings. The highest BCUT2D eigenvalue weighted by Crippen LogP contribution is 2.17. The van der Waals surface area contributed by atoms with Crippen molar-refractivity contribution in [3.63, 3.8) is 0 Å². The molecule has 0 saturated carbocycles. The molecule has 14 heavy (non-hydrogen) atoms. The van der Waals surface area contributed by atoms with Crippen LogP contribution in [0.25, 0.3) is 0 Å². The first kappa shape index (κ1) is 11.3. The fraction of sp³-hybridized carbons (Fsp3) is 0.571. The van der Waals surface area contributed by atoms with Crippen LogP contribution in [-0.4, -0.2) is 0 Å². The van der Waals surface area contributed by atoms with Gasteiger partial charge in [-0.05, 0) is 29.4 Å². The zero-order chi connectivity index (χ0) is 10.6. The maximum atomic E-state index is 2.32. The van der Waals surface area contributed by atoms with Crippen LogP contribution < -0.4 is 0 Å². The molecule has 0 heteroatoms. The van der Waals surface area contributed by atoms with Gasteiger partial charge in [0.1, 0.15) is 0 Å². The van der Waals surface area contributed by atoms with Gasteiger partial charge in [0, 0.05) is 0 Å². The fourth-order valence-corrected chi connectivity index (χ4v) is 1.59. The average Bonchev–Trinajstić information content (AvgIpc) is 2.18. The van der Waals surface area contributed by atoms with Gasteiger partial charge in [-0.2, -0.15) is 0 Å². The van der Waals surface area contributed by atoms with Gasteiger partial charge in [-0.1, -0.05) is 58.4 Å². The normalized spacial score (nSPS) is 13.2. The Hall–Kier alpha value is -0.780. The predicted molar refractivity (Wildman–Crippen MR) is 63.7 cm³/mol. The summed E-state index contributed by atoms with van der Waals surface area (Å²) in [5.74, 6) is 1.45. The van der Waals surface area contributed by atoms with Crippen LogP contribution in [0.2, 0.25) is 0 Å². The molecule has 0 spiro atoms. The molecule has 0 fully saturated rings. The van der Waals surface area contributed by atoms with Crippen molar-refractivity contribution in [3.05, 3.63) is 35.4 Å². The monoisotopic (exact) mass is 190 g/mol. The lowest BCUT2D eigenvalue weighted by atomic mass is 9.96. The molecular formula is C14H22. The molecule has 1 atom stereocenters. The van der Waals surface area contributed by atoms with Gasteiger partial charge in [0.25, 0.3) is 0 Å². The van der Waals surface area contributed by atoms with Crippen molar-refractivity contribution >= 4 is 0 Å². The summed E-state index contributed by atoms with van der Waals surface area (Å²) in [5, 5.41) is 0. The molecule has 0 saturated heterocycles. The minimum absolute atomic E-state index is 0.646. The van der Waals surface area contributed by atoms with E-state index in [1.807, 2.05) is 0 Å². The Morgan fingerprint density at radius 1 is 1.00 bits per heavy atom. The van der Waals surface area contributed by atoms with Crippen molar-refractivity contribution in [3.8, 4) is 0 Å². The number of benzene rings is 1. The first-order valence-corrected chi connectivity index (χ1v) is 5.72. The van der Waals surface area contributed by atoms with Gasteiger partial charge in [0.05, 0.1) is 0 Å². The van der Waals surface area contributed by atoms with Crippen LogP contribution in [0.1, 0.15) is 51.2 Å². The molecule has 1 aromatic carbocycles. The topological polar surface area (TPSA) is 0 Å². The van der Waals surface area contributed by atoms with E-state index < -0.39 is 0 Å². The van der Waals surface area contributed by atoms with E-state index in [9.17, 15) is 0 Å². The van der Waals surface area contributed by atoms with E-state index in [-0.39, 0.29) is 0 Å². The van der Waals surface area contributed by atoms with E-state index in [1.54, 1.807) is 0 Å². The summed E-state index contributed by atoms with van der Waals surface area (Å²) in [7, 11) is 0. The van der Waals surface area contributed by atoms with E-state index in [1.165, 1.54) is 24.0 Å². The van der Waals surface area contributed by atoms with Crippen molar-refractivity contribution in [1.82, 2.24) is 0 Å². The summed E-state index contributed by atoms with van der Waals surface area (Å²) in [6.07, 6.45) is 2.49. The van der Waals surface area contributed by atoms with E-state index in [2.05, 4.69) is 52.0 Å². The van der Waals surface area contributed by atoms with Crippen LogP contribution in [0.5, 0.6) is 0 Å². The Morgan fingerprint density at radius 3 is 2.00 bits per heavy atom. The quantitative estimate of drug-likeness (QED) is 0.660. The third-order valence-electron chi connectivity index (χ3n) is 2.93. The summed E-state index contributed by atoms with van der Waals surface area (Å²) >= 11 is 0. The van der Waals surface area contributed by atoms with Crippen molar-refractivity contribution in [1.29, 1.82) is 0 Å². The maximum absolute atomic E-state index is 2.32. The SMILES string of the molecule is CCC(C)Cc1ccc(C(C)C)cc1. The van der Waals surface area contributed by atoms with Crippen LogP contribution >= 0.6 is 0 Å². The third-order valence-corrected chi connectivity index (χ3v) is 2.93. The van der Waals surface area contributed by atoms with Crippen molar-refractivity contribution in [2.75, 3.05) is 0 Å². The second kappa shape index (κ2) is 5.19. The number of rotatable bonds is 4. The molecule has 0 aliphatic carbocycles. The van der Waals surface area contributed by atoms with E-state index in [0.29, 0.717) is 5.92 Å². The third kappa shape index (κ3) is 3.17. The number of hydrogen-bond acceptors (Lipinski definition) is 0. The summed E-state index contributed by atoms with van der Waals surface area (Å²) in [5.41, 5.74) is 2.92. The minimum Gasteiger partial charge on any atom is -0.0651 e. The smallest absolute Gasteiger partial charge is 0.0219 e. The highest BCUT2D eigenvalue weighted by Gasteiger charge is 2.02. The van der Waals surface area contributed by atoms with Crippen LogP contribution in [0.15, 0.2) is 24.3 Å². The summed E-state index contributed by atoms with van der Waals surface area (Å²) in [6, 6.07) is 9.09. The molecule has 0 bridgehead atoms. The van der Waals surface area contributed by atoms with Gasteiger partial charge in [-0.3, -0.25) is 0 Å². The van der Waals surface area contributed by atoms with Gasteiger partial charge in [0.2, 0.25) is 0 Å². The highest BCUT2D eigenvalue weighted by molar-refractivity contribution is 5.24. The zero-order valence-corrected chi connectivity index (χ0v) is 9.88. The van der Waals surface area contributed by atoms with Crippen LogP contribution in [0.3, 0.4) is 0 Å². The largest absolute Gasteiger partial charge is 0.0651 e. The van der Waals surface area contributed by atoms with Crippen molar-refractivity contribution < 1.29 is 0 Å². The highest BCUT2D eigenvalue weighted by atomic mass is 14.1. The van der Waals surface area contributed by atoms with Gasteiger partial charge < -0.3 is 0 Å². The Balaban J connectivity index is 2.64. The molecular weight excluding hydrogens is 168 g/mol. The molecule has 78 valence electrons. The lowest BCUT2D eigenvalue weighted by Crippen LogP contribution is -1.98. The maximum Gasteiger partial charge on any atom is -0.0219 e. The second-order valence-electron chi connectivity index (χ2n) is 4.61. The molecule has 0 N–H and O–H groups in total. The van der Waals surface area contributed by atoms with Crippen molar-refractivity contribution in [2.45, 2.75) is 46.5 Å². The molecule has 0 amide bonds. The van der Waals surface area contributed by atoms with Gasteiger partial charge in [0.15, 0.2) is 0 Å². The standard InChI is InChI=1S/C14H22/c1-5-12(4)10-13-6-8-14(9-7-13)11(2)3/h6-9,11-12H,5,10H2,1-4H3. The van der Waals surface area contributed by atoms with E-state index in [0.717, 1.165) is 5.92 Å². The first-order valence-electron chi connectivity index (χ1n) is 5.72. The van der Waals surface area contributed by atoms with Crippen LogP contribution in [0.4, 0.5) is 0 Å². The Morgan fingerprint density at radius 2 is 1.57 bits per heavy atom. The Labute approximate surface area is 88.4 Å². The molecule has 0 radical (unpaired) electrons. The molecule has 1 unspecified atom stereocenters. The summed E-state index contributed by atoms with van der Waals surface area (Å²) < 4.78 is 0. The molecule has 0 heterocycles. The minimum atomic E-state index is 0.646. The summed E-state index contributed by atoms with van der Waals surface area (Å²) in [6.45, 7) is 9.05. The molecule has 0 nitrogen and oxygen atoms in total. The average molecular weight is 190 g/mol.